The fourth-order valence-corrected chi connectivity index (χ4v) is 2.89. The molecule has 1 aliphatic heterocycles. The Morgan fingerprint density at radius 2 is 2.31 bits per heavy atom. The fraction of sp³-hybridized carbons (Fsp3) is 0.583. The van der Waals surface area contributed by atoms with Crippen LogP contribution in [0.5, 0.6) is 0 Å². The average molecular weight is 238 g/mol. The van der Waals surface area contributed by atoms with Gasteiger partial charge in [-0.2, -0.15) is 0 Å². The summed E-state index contributed by atoms with van der Waals surface area (Å²) in [5, 5.41) is 5.16. The molecule has 1 fully saturated rings. The van der Waals surface area contributed by atoms with E-state index in [-0.39, 0.29) is 12.1 Å². The molecule has 1 unspecified atom stereocenters. The van der Waals surface area contributed by atoms with Crippen molar-refractivity contribution in [2.45, 2.75) is 32.2 Å². The van der Waals surface area contributed by atoms with E-state index < -0.39 is 0 Å². The van der Waals surface area contributed by atoms with Gasteiger partial charge in [-0.25, -0.2) is 4.79 Å². The second-order valence-corrected chi connectivity index (χ2v) is 5.10. The molecule has 1 aromatic rings. The van der Waals surface area contributed by atoms with Gasteiger partial charge in [0.05, 0.1) is 6.04 Å². The summed E-state index contributed by atoms with van der Waals surface area (Å²) in [5.74, 6) is 0. The number of urea groups is 1. The van der Waals surface area contributed by atoms with Gasteiger partial charge in [-0.1, -0.05) is 13.0 Å². The quantitative estimate of drug-likeness (QED) is 0.862. The molecule has 0 aromatic carbocycles. The summed E-state index contributed by atoms with van der Waals surface area (Å²) in [4.78, 5) is 15.1. The first-order valence-electron chi connectivity index (χ1n) is 5.90. The third kappa shape index (κ3) is 2.55. The lowest BCUT2D eigenvalue weighted by Crippen LogP contribution is -2.39. The van der Waals surface area contributed by atoms with Gasteiger partial charge >= 0.3 is 6.03 Å². The van der Waals surface area contributed by atoms with Crippen LogP contribution in [0.1, 0.15) is 37.1 Å². The number of hydrogen-bond donors (Lipinski definition) is 1. The van der Waals surface area contributed by atoms with E-state index in [0.29, 0.717) is 0 Å². The van der Waals surface area contributed by atoms with E-state index in [1.54, 1.807) is 11.3 Å². The molecular weight excluding hydrogens is 220 g/mol. The minimum absolute atomic E-state index is 0.0951. The van der Waals surface area contributed by atoms with Gasteiger partial charge in [0.15, 0.2) is 0 Å². The average Bonchev–Trinajstić information content (AvgIpc) is 2.96. The highest BCUT2D eigenvalue weighted by Crippen LogP contribution is 2.22. The lowest BCUT2D eigenvalue weighted by Gasteiger charge is -2.21. The topological polar surface area (TPSA) is 32.3 Å². The molecule has 0 bridgehead atoms. The Morgan fingerprint density at radius 1 is 1.56 bits per heavy atom. The lowest BCUT2D eigenvalue weighted by molar-refractivity contribution is 0.204. The molecule has 4 heteroatoms. The first kappa shape index (κ1) is 11.5. The summed E-state index contributed by atoms with van der Waals surface area (Å²) in [6.45, 7) is 3.92. The Hall–Kier alpha value is -1.03. The van der Waals surface area contributed by atoms with Crippen molar-refractivity contribution in [1.82, 2.24) is 10.2 Å². The lowest BCUT2D eigenvalue weighted by atomic mass is 10.2. The molecule has 16 heavy (non-hydrogen) atoms. The zero-order chi connectivity index (χ0) is 11.4. The van der Waals surface area contributed by atoms with Crippen LogP contribution < -0.4 is 5.32 Å². The standard InChI is InChI=1S/C12H18N2OS/c1-2-10(11-6-5-9-16-11)13-12(15)14-7-3-4-8-14/h5-6,9-10H,2-4,7-8H2,1H3,(H,13,15). The maximum atomic E-state index is 11.9. The van der Waals surface area contributed by atoms with Crippen molar-refractivity contribution in [3.8, 4) is 0 Å². The Balaban J connectivity index is 1.93. The SMILES string of the molecule is CCC(NC(=O)N1CCCC1)c1cccs1. The normalized spacial score (nSPS) is 17.4. The van der Waals surface area contributed by atoms with Gasteiger partial charge in [0, 0.05) is 18.0 Å². The van der Waals surface area contributed by atoms with Gasteiger partial charge < -0.3 is 10.2 Å². The summed E-state index contributed by atoms with van der Waals surface area (Å²) in [7, 11) is 0. The van der Waals surface area contributed by atoms with Crippen molar-refractivity contribution < 1.29 is 4.79 Å². The van der Waals surface area contributed by atoms with Crippen molar-refractivity contribution in [2.75, 3.05) is 13.1 Å². The summed E-state index contributed by atoms with van der Waals surface area (Å²) in [6.07, 6.45) is 3.23. The van der Waals surface area contributed by atoms with Crippen molar-refractivity contribution in [2.24, 2.45) is 0 Å². The molecule has 2 heterocycles. The number of likely N-dealkylation sites (tertiary alicyclic amines) is 1. The zero-order valence-electron chi connectivity index (χ0n) is 9.61. The highest BCUT2D eigenvalue weighted by molar-refractivity contribution is 7.10. The summed E-state index contributed by atoms with van der Waals surface area (Å²) < 4.78 is 0. The van der Waals surface area contributed by atoms with Gasteiger partial charge in [-0.05, 0) is 30.7 Å². The Bertz CT molecular complexity index is 331. The molecule has 1 saturated heterocycles. The molecule has 0 saturated carbocycles. The second-order valence-electron chi connectivity index (χ2n) is 4.12. The number of thiophene rings is 1. The van der Waals surface area contributed by atoms with Crippen LogP contribution in [-0.4, -0.2) is 24.0 Å². The molecule has 2 rings (SSSR count). The molecule has 1 aromatic heterocycles. The number of amides is 2. The molecule has 3 nitrogen and oxygen atoms in total. The Kier molecular flexibility index (Phi) is 3.83. The second kappa shape index (κ2) is 5.34. The number of nitrogens with one attached hydrogen (secondary N) is 1. The molecule has 1 atom stereocenters. The van der Waals surface area contributed by atoms with E-state index in [2.05, 4.69) is 23.7 Å². The van der Waals surface area contributed by atoms with Crippen LogP contribution >= 0.6 is 11.3 Å². The Morgan fingerprint density at radius 3 is 2.88 bits per heavy atom. The largest absolute Gasteiger partial charge is 0.330 e. The van der Waals surface area contributed by atoms with Crippen LogP contribution in [-0.2, 0) is 0 Å². The van der Waals surface area contributed by atoms with Crippen LogP contribution in [0.25, 0.3) is 0 Å². The van der Waals surface area contributed by atoms with E-state index >= 15 is 0 Å². The molecule has 1 aliphatic rings. The molecule has 1 N–H and O–H groups in total. The van der Waals surface area contributed by atoms with Gasteiger partial charge in [-0.15, -0.1) is 11.3 Å². The third-order valence-electron chi connectivity index (χ3n) is 2.99. The fourth-order valence-electron chi connectivity index (χ4n) is 2.02. The van der Waals surface area contributed by atoms with Crippen LogP contribution in [0.4, 0.5) is 4.79 Å². The smallest absolute Gasteiger partial charge is 0.317 e. The van der Waals surface area contributed by atoms with E-state index in [1.807, 2.05) is 11.0 Å². The summed E-state index contributed by atoms with van der Waals surface area (Å²) in [5.41, 5.74) is 0. The van der Waals surface area contributed by atoms with Gasteiger partial charge in [-0.3, -0.25) is 0 Å². The van der Waals surface area contributed by atoms with E-state index in [1.165, 1.54) is 4.88 Å². The van der Waals surface area contributed by atoms with Gasteiger partial charge in [0.2, 0.25) is 0 Å². The van der Waals surface area contributed by atoms with Crippen LogP contribution in [0.3, 0.4) is 0 Å². The van der Waals surface area contributed by atoms with E-state index in [0.717, 1.165) is 32.4 Å². The monoisotopic (exact) mass is 238 g/mol. The summed E-state index contributed by atoms with van der Waals surface area (Å²) in [6, 6.07) is 4.39. The van der Waals surface area contributed by atoms with Crippen molar-refractivity contribution in [1.29, 1.82) is 0 Å². The van der Waals surface area contributed by atoms with E-state index in [4.69, 9.17) is 0 Å². The van der Waals surface area contributed by atoms with Crippen LogP contribution in [0, 0.1) is 0 Å². The number of nitrogens with zero attached hydrogens (tertiary/aromatic N) is 1. The zero-order valence-corrected chi connectivity index (χ0v) is 10.4. The van der Waals surface area contributed by atoms with E-state index in [9.17, 15) is 4.79 Å². The first-order chi connectivity index (χ1) is 7.81. The first-order valence-corrected chi connectivity index (χ1v) is 6.78. The number of rotatable bonds is 3. The number of carbonyl (C=O) groups excluding carboxylic acids is 1. The predicted octanol–water partition coefficient (Wildman–Crippen LogP) is 3.00. The Labute approximate surface area is 100 Å². The molecule has 2 amide bonds. The van der Waals surface area contributed by atoms with Crippen molar-refractivity contribution >= 4 is 17.4 Å². The van der Waals surface area contributed by atoms with Crippen molar-refractivity contribution in [3.63, 3.8) is 0 Å². The highest BCUT2D eigenvalue weighted by Gasteiger charge is 2.21. The molecule has 0 aliphatic carbocycles. The minimum atomic E-state index is 0.0951. The van der Waals surface area contributed by atoms with Crippen LogP contribution in [0.2, 0.25) is 0 Å². The predicted molar refractivity (Wildman–Crippen MR) is 66.7 cm³/mol. The molecule has 0 spiro atoms. The number of carbonyl (C=O) groups is 1. The van der Waals surface area contributed by atoms with Gasteiger partial charge in [0.1, 0.15) is 0 Å². The molecule has 88 valence electrons. The maximum absolute atomic E-state index is 11.9. The summed E-state index contributed by atoms with van der Waals surface area (Å²) >= 11 is 1.71. The minimum Gasteiger partial charge on any atom is -0.330 e. The number of hydrogen-bond acceptors (Lipinski definition) is 2. The van der Waals surface area contributed by atoms with Gasteiger partial charge in [0.25, 0.3) is 0 Å². The molecular formula is C12H18N2OS. The van der Waals surface area contributed by atoms with Crippen molar-refractivity contribution in [3.05, 3.63) is 22.4 Å². The highest BCUT2D eigenvalue weighted by atomic mass is 32.1. The maximum Gasteiger partial charge on any atom is 0.317 e. The third-order valence-corrected chi connectivity index (χ3v) is 3.97. The molecule has 0 radical (unpaired) electrons. The van der Waals surface area contributed by atoms with Crippen LogP contribution in [0.15, 0.2) is 17.5 Å².